The molecule has 0 aliphatic carbocycles. The highest BCUT2D eigenvalue weighted by molar-refractivity contribution is 5.42. The van der Waals surface area contributed by atoms with Crippen molar-refractivity contribution in [3.05, 3.63) is 35.4 Å². The molecular formula is C18H22O. The Bertz CT molecular complexity index is 522. The van der Waals surface area contributed by atoms with E-state index in [9.17, 15) is 5.11 Å². The average Bonchev–Trinajstić information content (AvgIpc) is 2.33. The smallest absolute Gasteiger partial charge is 0.118 e. The number of aliphatic hydroxyl groups excluding tert-OH is 1. The average molecular weight is 254 g/mol. The minimum absolute atomic E-state index is 0.139. The van der Waals surface area contributed by atoms with Crippen molar-refractivity contribution in [3.63, 3.8) is 0 Å². The maximum Gasteiger partial charge on any atom is 0.118 e. The first-order valence-corrected chi connectivity index (χ1v) is 6.61. The zero-order chi connectivity index (χ0) is 14.5. The molecule has 100 valence electrons. The van der Waals surface area contributed by atoms with Gasteiger partial charge in [0.1, 0.15) is 6.10 Å². The van der Waals surface area contributed by atoms with Crippen LogP contribution in [0.15, 0.2) is 24.3 Å². The van der Waals surface area contributed by atoms with E-state index in [2.05, 4.69) is 56.6 Å². The lowest BCUT2D eigenvalue weighted by Crippen LogP contribution is -2.10. The van der Waals surface area contributed by atoms with Crippen LogP contribution in [0.3, 0.4) is 0 Å². The van der Waals surface area contributed by atoms with Crippen LogP contribution in [-0.4, -0.2) is 11.2 Å². The highest BCUT2D eigenvalue weighted by Crippen LogP contribution is 2.21. The van der Waals surface area contributed by atoms with Crippen molar-refractivity contribution < 1.29 is 5.11 Å². The molecule has 1 atom stereocenters. The normalized spacial score (nSPS) is 12.2. The summed E-state index contributed by atoms with van der Waals surface area (Å²) < 4.78 is 0. The largest absolute Gasteiger partial charge is 0.380 e. The first-order chi connectivity index (χ1) is 8.80. The van der Waals surface area contributed by atoms with Gasteiger partial charge in [-0.15, -0.1) is 0 Å². The van der Waals surface area contributed by atoms with E-state index in [1.165, 1.54) is 5.56 Å². The molecule has 0 aromatic heterocycles. The van der Waals surface area contributed by atoms with Gasteiger partial charge >= 0.3 is 0 Å². The minimum atomic E-state index is -0.599. The van der Waals surface area contributed by atoms with Gasteiger partial charge in [-0.2, -0.15) is 0 Å². The van der Waals surface area contributed by atoms with Gasteiger partial charge in [0.05, 0.1) is 0 Å². The first kappa shape index (κ1) is 15.4. The van der Waals surface area contributed by atoms with Gasteiger partial charge in [-0.05, 0) is 40.9 Å². The first-order valence-electron chi connectivity index (χ1n) is 6.61. The van der Waals surface area contributed by atoms with E-state index in [0.29, 0.717) is 0 Å². The van der Waals surface area contributed by atoms with Crippen LogP contribution >= 0.6 is 0 Å². The molecular weight excluding hydrogens is 232 g/mol. The summed E-state index contributed by atoms with van der Waals surface area (Å²) in [6.45, 7) is 10.4. The molecule has 0 aliphatic heterocycles. The second-order valence-electron chi connectivity index (χ2n) is 6.04. The Hall–Kier alpha value is -1.70. The lowest BCUT2D eigenvalue weighted by molar-refractivity contribution is 0.181. The Morgan fingerprint density at radius 2 is 1.58 bits per heavy atom. The van der Waals surface area contributed by atoms with E-state index in [1.807, 2.05) is 26.0 Å². The minimum Gasteiger partial charge on any atom is -0.380 e. The van der Waals surface area contributed by atoms with Gasteiger partial charge in [0.25, 0.3) is 0 Å². The molecule has 0 aliphatic rings. The fourth-order valence-corrected chi connectivity index (χ4v) is 1.43. The van der Waals surface area contributed by atoms with Crippen molar-refractivity contribution in [2.45, 2.75) is 46.1 Å². The summed E-state index contributed by atoms with van der Waals surface area (Å²) in [5.74, 6) is 11.3. The SMILES string of the molecule is CC(C)[C@@H](O)C#CC#Cc1ccc(C(C)(C)C)cc1. The number of rotatable bonds is 1. The van der Waals surface area contributed by atoms with E-state index in [1.54, 1.807) is 0 Å². The van der Waals surface area contributed by atoms with Crippen LogP contribution in [0.25, 0.3) is 0 Å². The molecule has 1 aromatic carbocycles. The van der Waals surface area contributed by atoms with E-state index < -0.39 is 6.10 Å². The Morgan fingerprint density at radius 3 is 2.05 bits per heavy atom. The standard InChI is InChI=1S/C18H22O/c1-14(2)17(19)9-7-6-8-15-10-12-16(13-11-15)18(3,4)5/h10-14,17,19H,1-5H3/t17-/m0/s1. The molecule has 0 fully saturated rings. The van der Waals surface area contributed by atoms with Crippen LogP contribution in [0.4, 0.5) is 0 Å². The molecule has 1 nitrogen and oxygen atoms in total. The summed E-state index contributed by atoms with van der Waals surface area (Å²) in [5, 5.41) is 9.51. The second kappa shape index (κ2) is 6.46. The third-order valence-electron chi connectivity index (χ3n) is 2.87. The van der Waals surface area contributed by atoms with Crippen molar-refractivity contribution in [3.8, 4) is 23.7 Å². The number of hydrogen-bond acceptors (Lipinski definition) is 1. The molecule has 0 saturated carbocycles. The van der Waals surface area contributed by atoms with Crippen molar-refractivity contribution in [1.29, 1.82) is 0 Å². The Kier molecular flexibility index (Phi) is 5.22. The Morgan fingerprint density at radius 1 is 1.00 bits per heavy atom. The summed E-state index contributed by atoms with van der Waals surface area (Å²) in [4.78, 5) is 0. The summed E-state index contributed by atoms with van der Waals surface area (Å²) in [5.41, 5.74) is 2.40. The van der Waals surface area contributed by atoms with E-state index in [-0.39, 0.29) is 11.3 Å². The fourth-order valence-electron chi connectivity index (χ4n) is 1.43. The van der Waals surface area contributed by atoms with Crippen molar-refractivity contribution in [2.75, 3.05) is 0 Å². The zero-order valence-electron chi connectivity index (χ0n) is 12.4. The van der Waals surface area contributed by atoms with E-state index in [0.717, 1.165) is 5.56 Å². The van der Waals surface area contributed by atoms with Gasteiger partial charge in [0.2, 0.25) is 0 Å². The van der Waals surface area contributed by atoms with Gasteiger partial charge in [0.15, 0.2) is 0 Å². The predicted octanol–water partition coefficient (Wildman–Crippen LogP) is 3.36. The van der Waals surface area contributed by atoms with Gasteiger partial charge < -0.3 is 5.11 Å². The van der Waals surface area contributed by atoms with Crippen molar-refractivity contribution in [2.24, 2.45) is 5.92 Å². The topological polar surface area (TPSA) is 20.2 Å². The van der Waals surface area contributed by atoms with Gasteiger partial charge in [0, 0.05) is 5.56 Å². The maximum absolute atomic E-state index is 9.51. The van der Waals surface area contributed by atoms with Crippen LogP contribution < -0.4 is 0 Å². The molecule has 0 heterocycles. The van der Waals surface area contributed by atoms with Crippen LogP contribution in [0.2, 0.25) is 0 Å². The predicted molar refractivity (Wildman–Crippen MR) is 80.6 cm³/mol. The summed E-state index contributed by atoms with van der Waals surface area (Å²) >= 11 is 0. The Labute approximate surface area is 117 Å². The van der Waals surface area contributed by atoms with Crippen LogP contribution in [0.1, 0.15) is 45.7 Å². The molecule has 0 unspecified atom stereocenters. The van der Waals surface area contributed by atoms with Crippen molar-refractivity contribution in [1.82, 2.24) is 0 Å². The molecule has 0 spiro atoms. The molecule has 1 aromatic rings. The van der Waals surface area contributed by atoms with Crippen LogP contribution in [0, 0.1) is 29.6 Å². The van der Waals surface area contributed by atoms with Crippen molar-refractivity contribution >= 4 is 0 Å². The van der Waals surface area contributed by atoms with Gasteiger partial charge in [-0.1, -0.05) is 58.6 Å². The third kappa shape index (κ3) is 5.21. The molecule has 1 N–H and O–H groups in total. The molecule has 0 bridgehead atoms. The monoisotopic (exact) mass is 254 g/mol. The van der Waals surface area contributed by atoms with E-state index in [4.69, 9.17) is 0 Å². The second-order valence-corrected chi connectivity index (χ2v) is 6.04. The summed E-state index contributed by atoms with van der Waals surface area (Å²) in [7, 11) is 0. The number of aliphatic hydroxyl groups is 1. The lowest BCUT2D eigenvalue weighted by atomic mass is 9.87. The molecule has 0 amide bonds. The molecule has 19 heavy (non-hydrogen) atoms. The summed E-state index contributed by atoms with van der Waals surface area (Å²) in [6.07, 6.45) is -0.599. The molecule has 1 heteroatoms. The fraction of sp³-hybridized carbons (Fsp3) is 0.444. The van der Waals surface area contributed by atoms with Gasteiger partial charge in [-0.25, -0.2) is 0 Å². The third-order valence-corrected chi connectivity index (χ3v) is 2.87. The van der Waals surface area contributed by atoms with Crippen LogP contribution in [0.5, 0.6) is 0 Å². The Balaban J connectivity index is 2.75. The van der Waals surface area contributed by atoms with E-state index >= 15 is 0 Å². The lowest BCUT2D eigenvalue weighted by Gasteiger charge is -2.18. The molecule has 0 radical (unpaired) electrons. The maximum atomic E-state index is 9.51. The van der Waals surface area contributed by atoms with Crippen LogP contribution in [-0.2, 0) is 5.41 Å². The molecule has 1 rings (SSSR count). The number of hydrogen-bond donors (Lipinski definition) is 1. The highest BCUT2D eigenvalue weighted by Gasteiger charge is 2.12. The summed E-state index contributed by atoms with van der Waals surface area (Å²) in [6, 6.07) is 8.21. The highest BCUT2D eigenvalue weighted by atomic mass is 16.3. The molecule has 0 saturated heterocycles. The zero-order valence-corrected chi connectivity index (χ0v) is 12.4. The quantitative estimate of drug-likeness (QED) is 0.762. The number of benzene rings is 1. The van der Waals surface area contributed by atoms with Gasteiger partial charge in [-0.3, -0.25) is 0 Å².